The van der Waals surface area contributed by atoms with Crippen LogP contribution in [0, 0.1) is 11.5 Å². The van der Waals surface area contributed by atoms with E-state index < -0.39 is 0 Å². The molecular weight excluding hydrogens is 190 g/mol. The first kappa shape index (κ1) is 10.9. The minimum absolute atomic E-state index is 0.265. The van der Waals surface area contributed by atoms with E-state index in [-0.39, 0.29) is 5.95 Å². The monoisotopic (exact) mass is 201 g/mol. The summed E-state index contributed by atoms with van der Waals surface area (Å²) in [5, 5.41) is 10.8. The maximum Gasteiger partial charge on any atom is 0.239 e. The highest BCUT2D eigenvalue weighted by atomic mass is 15.1. The van der Waals surface area contributed by atoms with E-state index in [1.807, 2.05) is 0 Å². The zero-order valence-electron chi connectivity index (χ0n) is 8.27. The highest BCUT2D eigenvalue weighted by Gasteiger charge is 2.03. The van der Waals surface area contributed by atoms with Crippen molar-refractivity contribution in [2.24, 2.45) is 0 Å². The molecule has 5 nitrogen and oxygen atoms in total. The van der Waals surface area contributed by atoms with Crippen molar-refractivity contribution in [1.82, 2.24) is 15.0 Å². The second-order valence-electron chi connectivity index (χ2n) is 2.71. The lowest BCUT2D eigenvalue weighted by Crippen LogP contribution is -2.06. The molecule has 76 valence electrons. The van der Waals surface area contributed by atoms with Crippen LogP contribution in [0.3, 0.4) is 0 Å². The molecule has 0 saturated heterocycles. The van der Waals surface area contributed by atoms with Gasteiger partial charge in [0, 0.05) is 12.8 Å². The van der Waals surface area contributed by atoms with E-state index in [4.69, 9.17) is 5.26 Å². The SMILES string of the molecule is C=CCc1nc(CC=C)nc(NC#N)n1. The number of nitrogens with one attached hydrogen (secondary N) is 1. The Morgan fingerprint density at radius 2 is 1.67 bits per heavy atom. The third kappa shape index (κ3) is 3.19. The Bertz CT molecular complexity index is 377. The van der Waals surface area contributed by atoms with Gasteiger partial charge in [-0.25, -0.2) is 4.98 Å². The zero-order valence-corrected chi connectivity index (χ0v) is 8.27. The van der Waals surface area contributed by atoms with E-state index in [1.54, 1.807) is 18.3 Å². The van der Waals surface area contributed by atoms with Crippen LogP contribution >= 0.6 is 0 Å². The van der Waals surface area contributed by atoms with Gasteiger partial charge >= 0.3 is 0 Å². The fourth-order valence-corrected chi connectivity index (χ4v) is 1.02. The van der Waals surface area contributed by atoms with E-state index in [0.29, 0.717) is 24.5 Å². The van der Waals surface area contributed by atoms with Crippen LogP contribution in [-0.2, 0) is 12.8 Å². The van der Waals surface area contributed by atoms with Crippen molar-refractivity contribution in [3.63, 3.8) is 0 Å². The van der Waals surface area contributed by atoms with Gasteiger partial charge in [-0.15, -0.1) is 13.2 Å². The first-order valence-corrected chi connectivity index (χ1v) is 4.41. The Labute approximate surface area is 88.2 Å². The van der Waals surface area contributed by atoms with Gasteiger partial charge in [0.05, 0.1) is 0 Å². The van der Waals surface area contributed by atoms with Gasteiger partial charge in [0.15, 0.2) is 6.19 Å². The Morgan fingerprint density at radius 3 is 2.07 bits per heavy atom. The molecule has 0 aromatic carbocycles. The molecule has 1 N–H and O–H groups in total. The largest absolute Gasteiger partial charge is 0.261 e. The molecule has 0 aliphatic heterocycles. The molecule has 0 unspecified atom stereocenters. The maximum absolute atomic E-state index is 8.46. The molecule has 0 fully saturated rings. The Balaban J connectivity index is 3.02. The summed E-state index contributed by atoms with van der Waals surface area (Å²) < 4.78 is 0. The fourth-order valence-electron chi connectivity index (χ4n) is 1.02. The van der Waals surface area contributed by atoms with Gasteiger partial charge < -0.3 is 0 Å². The molecule has 5 heteroatoms. The predicted octanol–water partition coefficient (Wildman–Crippen LogP) is 1.22. The fraction of sp³-hybridized carbons (Fsp3) is 0.200. The zero-order chi connectivity index (χ0) is 11.1. The highest BCUT2D eigenvalue weighted by Crippen LogP contribution is 2.03. The smallest absolute Gasteiger partial charge is 0.239 e. The number of nitrogens with zero attached hydrogens (tertiary/aromatic N) is 4. The minimum Gasteiger partial charge on any atom is -0.261 e. The first-order valence-electron chi connectivity index (χ1n) is 4.41. The standard InChI is InChI=1S/C10H11N5/c1-3-5-8-13-9(6-4-2)15-10(14-8)12-7-11/h3-4H,1-2,5-6H2,(H,12,13,14,15). The van der Waals surface area contributed by atoms with Gasteiger partial charge in [-0.05, 0) is 0 Å². The molecule has 0 spiro atoms. The summed E-state index contributed by atoms with van der Waals surface area (Å²) in [4.78, 5) is 12.2. The highest BCUT2D eigenvalue weighted by molar-refractivity contribution is 5.30. The lowest BCUT2D eigenvalue weighted by Gasteiger charge is -2.02. The van der Waals surface area contributed by atoms with Gasteiger partial charge in [-0.3, -0.25) is 5.32 Å². The molecule has 1 rings (SSSR count). The molecule has 1 aromatic heterocycles. The molecule has 1 heterocycles. The van der Waals surface area contributed by atoms with Gasteiger partial charge in [0.1, 0.15) is 11.6 Å². The quantitative estimate of drug-likeness (QED) is 0.440. The van der Waals surface area contributed by atoms with Crippen molar-refractivity contribution < 1.29 is 0 Å². The average molecular weight is 201 g/mol. The summed E-state index contributed by atoms with van der Waals surface area (Å²) in [5.41, 5.74) is 0. The molecule has 0 amide bonds. The molecule has 0 bridgehead atoms. The van der Waals surface area contributed by atoms with E-state index in [0.717, 1.165) is 0 Å². The van der Waals surface area contributed by atoms with Gasteiger partial charge in [-0.1, -0.05) is 12.2 Å². The summed E-state index contributed by atoms with van der Waals surface area (Å²) in [6.07, 6.45) is 6.26. The Morgan fingerprint density at radius 1 is 1.13 bits per heavy atom. The number of anilines is 1. The van der Waals surface area contributed by atoms with Crippen LogP contribution in [0.15, 0.2) is 25.3 Å². The van der Waals surface area contributed by atoms with Crippen LogP contribution < -0.4 is 5.32 Å². The second-order valence-corrected chi connectivity index (χ2v) is 2.71. The average Bonchev–Trinajstić information content (AvgIpc) is 2.19. The summed E-state index contributed by atoms with van der Waals surface area (Å²) in [6, 6.07) is 0. The van der Waals surface area contributed by atoms with Gasteiger partial charge in [-0.2, -0.15) is 15.2 Å². The van der Waals surface area contributed by atoms with Gasteiger partial charge in [0.2, 0.25) is 5.95 Å². The van der Waals surface area contributed by atoms with Crippen LogP contribution in [0.5, 0.6) is 0 Å². The normalized spacial score (nSPS) is 9.00. The molecule has 0 radical (unpaired) electrons. The van der Waals surface area contributed by atoms with Crippen molar-refractivity contribution in [3.05, 3.63) is 37.0 Å². The molecule has 0 atom stereocenters. The van der Waals surface area contributed by atoms with Crippen molar-refractivity contribution in [3.8, 4) is 6.19 Å². The van der Waals surface area contributed by atoms with Crippen molar-refractivity contribution >= 4 is 5.95 Å². The topological polar surface area (TPSA) is 74.5 Å². The van der Waals surface area contributed by atoms with Crippen molar-refractivity contribution in [1.29, 1.82) is 5.26 Å². The third-order valence-corrected chi connectivity index (χ3v) is 1.55. The van der Waals surface area contributed by atoms with Gasteiger partial charge in [0.25, 0.3) is 0 Å². The van der Waals surface area contributed by atoms with Crippen molar-refractivity contribution in [2.75, 3.05) is 5.32 Å². The summed E-state index contributed by atoms with van der Waals surface area (Å²) in [6.45, 7) is 7.20. The van der Waals surface area contributed by atoms with Crippen molar-refractivity contribution in [2.45, 2.75) is 12.8 Å². The molecule has 1 aromatic rings. The van der Waals surface area contributed by atoms with E-state index >= 15 is 0 Å². The number of hydrogen-bond donors (Lipinski definition) is 1. The first-order chi connectivity index (χ1) is 7.30. The molecule has 15 heavy (non-hydrogen) atoms. The van der Waals surface area contributed by atoms with Crippen LogP contribution in [0.2, 0.25) is 0 Å². The van der Waals surface area contributed by atoms with E-state index in [2.05, 4.69) is 33.4 Å². The molecular formula is C10H11N5. The van der Waals surface area contributed by atoms with Crippen LogP contribution in [0.25, 0.3) is 0 Å². The van der Waals surface area contributed by atoms with Crippen LogP contribution in [-0.4, -0.2) is 15.0 Å². The lowest BCUT2D eigenvalue weighted by atomic mass is 10.3. The summed E-state index contributed by atoms with van der Waals surface area (Å²) in [5.74, 6) is 1.45. The molecule has 0 aliphatic rings. The Hall–Kier alpha value is -2.22. The Kier molecular flexibility index (Phi) is 3.98. The summed E-state index contributed by atoms with van der Waals surface area (Å²) >= 11 is 0. The predicted molar refractivity (Wildman–Crippen MR) is 56.9 cm³/mol. The minimum atomic E-state index is 0.265. The lowest BCUT2D eigenvalue weighted by molar-refractivity contribution is 0.872. The molecule has 0 aliphatic carbocycles. The third-order valence-electron chi connectivity index (χ3n) is 1.55. The number of aromatic nitrogens is 3. The van der Waals surface area contributed by atoms with Crippen LogP contribution in [0.1, 0.15) is 11.6 Å². The maximum atomic E-state index is 8.46. The molecule has 0 saturated carbocycles. The van der Waals surface area contributed by atoms with Crippen LogP contribution in [0.4, 0.5) is 5.95 Å². The number of allylic oxidation sites excluding steroid dienone is 2. The number of nitriles is 1. The second kappa shape index (κ2) is 5.50. The summed E-state index contributed by atoms with van der Waals surface area (Å²) in [7, 11) is 0. The van der Waals surface area contributed by atoms with E-state index in [9.17, 15) is 0 Å². The van der Waals surface area contributed by atoms with E-state index in [1.165, 1.54) is 0 Å². The number of rotatable bonds is 5. The number of hydrogen-bond acceptors (Lipinski definition) is 5.